The molecule has 0 amide bonds. The van der Waals surface area contributed by atoms with Gasteiger partial charge in [-0.15, -0.1) is 0 Å². The lowest BCUT2D eigenvalue weighted by Gasteiger charge is -2.07. The zero-order valence-electron chi connectivity index (χ0n) is 6.84. The van der Waals surface area contributed by atoms with Crippen LogP contribution in [0.1, 0.15) is 6.42 Å². The van der Waals surface area contributed by atoms with Crippen molar-refractivity contribution < 1.29 is 31.5 Å². The van der Waals surface area contributed by atoms with Crippen LogP contribution >= 0.6 is 0 Å². The van der Waals surface area contributed by atoms with Gasteiger partial charge >= 0.3 is 12.1 Å². The molecule has 84 valence electrons. The molecular weight excluding hydrogens is 227 g/mol. The summed E-state index contributed by atoms with van der Waals surface area (Å²) in [6.07, 6.45) is -5.37. The number of aliphatic carboxylic acids is 1. The van der Waals surface area contributed by atoms with E-state index in [0.717, 1.165) is 0 Å². The number of carboxylic acids is 1. The maximum atomic E-state index is 11.5. The van der Waals surface area contributed by atoms with E-state index >= 15 is 0 Å². The number of carbonyl (C=O) groups is 1. The van der Waals surface area contributed by atoms with Crippen molar-refractivity contribution in [3.63, 3.8) is 0 Å². The number of alkyl halides is 3. The van der Waals surface area contributed by atoms with Crippen LogP contribution < -0.4 is 4.72 Å². The first-order valence-electron chi connectivity index (χ1n) is 3.38. The quantitative estimate of drug-likeness (QED) is 0.699. The fourth-order valence-electron chi connectivity index (χ4n) is 0.486. The summed E-state index contributed by atoms with van der Waals surface area (Å²) in [6.45, 7) is -1.69. The molecule has 5 nitrogen and oxygen atoms in total. The topological polar surface area (TPSA) is 83.5 Å². The molecular formula is C5H8F3NO4S. The second-order valence-corrected chi connectivity index (χ2v) is 4.33. The molecule has 14 heavy (non-hydrogen) atoms. The molecule has 0 unspecified atom stereocenters. The summed E-state index contributed by atoms with van der Waals surface area (Å²) in [5.74, 6) is -2.25. The predicted molar refractivity (Wildman–Crippen MR) is 40.1 cm³/mol. The first-order valence-corrected chi connectivity index (χ1v) is 5.03. The van der Waals surface area contributed by atoms with Gasteiger partial charge in [0.2, 0.25) is 10.0 Å². The number of nitrogens with one attached hydrogen (secondary N) is 1. The van der Waals surface area contributed by atoms with Crippen molar-refractivity contribution in [2.45, 2.75) is 12.6 Å². The van der Waals surface area contributed by atoms with E-state index < -0.39 is 40.9 Å². The van der Waals surface area contributed by atoms with E-state index in [-0.39, 0.29) is 0 Å². The van der Waals surface area contributed by atoms with Gasteiger partial charge in [0.1, 0.15) is 6.54 Å². The molecule has 2 N–H and O–H groups in total. The molecule has 0 spiro atoms. The minimum Gasteiger partial charge on any atom is -0.481 e. The average molecular weight is 235 g/mol. The Morgan fingerprint density at radius 1 is 1.36 bits per heavy atom. The van der Waals surface area contributed by atoms with Gasteiger partial charge < -0.3 is 5.11 Å². The fourth-order valence-corrected chi connectivity index (χ4v) is 1.46. The number of halogens is 3. The second-order valence-electron chi connectivity index (χ2n) is 2.40. The lowest BCUT2D eigenvalue weighted by molar-refractivity contribution is -0.136. The fraction of sp³-hybridized carbons (Fsp3) is 0.800. The highest BCUT2D eigenvalue weighted by atomic mass is 32.2. The van der Waals surface area contributed by atoms with E-state index in [4.69, 9.17) is 5.11 Å². The Balaban J connectivity index is 4.03. The molecule has 0 aliphatic rings. The zero-order valence-corrected chi connectivity index (χ0v) is 7.65. The van der Waals surface area contributed by atoms with Gasteiger partial charge in [0.25, 0.3) is 0 Å². The van der Waals surface area contributed by atoms with Crippen molar-refractivity contribution >= 4 is 16.0 Å². The zero-order chi connectivity index (χ0) is 11.4. The van der Waals surface area contributed by atoms with Crippen LogP contribution in [0, 0.1) is 0 Å². The van der Waals surface area contributed by atoms with Crippen LogP contribution in [0.3, 0.4) is 0 Å². The summed E-state index contributed by atoms with van der Waals surface area (Å²) in [4.78, 5) is 9.93. The van der Waals surface area contributed by atoms with Crippen molar-refractivity contribution in [1.29, 1.82) is 0 Å². The molecule has 0 radical (unpaired) electrons. The Kier molecular flexibility index (Phi) is 4.33. The third-order valence-electron chi connectivity index (χ3n) is 1.08. The van der Waals surface area contributed by atoms with Gasteiger partial charge in [-0.1, -0.05) is 0 Å². The molecule has 0 aliphatic heterocycles. The van der Waals surface area contributed by atoms with Crippen LogP contribution in [0.25, 0.3) is 0 Å². The Morgan fingerprint density at radius 2 is 1.86 bits per heavy atom. The molecule has 0 aliphatic carbocycles. The van der Waals surface area contributed by atoms with Crippen LogP contribution in [-0.2, 0) is 14.8 Å². The lowest BCUT2D eigenvalue weighted by atomic mass is 10.5. The summed E-state index contributed by atoms with van der Waals surface area (Å²) in [5.41, 5.74) is 0. The third kappa shape index (κ3) is 7.80. The normalized spacial score (nSPS) is 12.8. The Bertz CT molecular complexity index is 297. The number of hydrogen-bond donors (Lipinski definition) is 2. The minimum absolute atomic E-state index is 0.729. The molecule has 0 saturated heterocycles. The monoisotopic (exact) mass is 235 g/mol. The summed E-state index contributed by atoms with van der Waals surface area (Å²) < 4.78 is 57.3. The average Bonchev–Trinajstić information content (AvgIpc) is 1.97. The van der Waals surface area contributed by atoms with Gasteiger partial charge in [0.15, 0.2) is 0 Å². The van der Waals surface area contributed by atoms with Crippen LogP contribution in [-0.4, -0.2) is 38.0 Å². The summed E-state index contributed by atoms with van der Waals surface area (Å²) >= 11 is 0. The molecule has 0 fully saturated rings. The molecule has 0 heterocycles. The molecule has 0 rings (SSSR count). The van der Waals surface area contributed by atoms with Crippen LogP contribution in [0.5, 0.6) is 0 Å². The molecule has 0 aromatic rings. The van der Waals surface area contributed by atoms with Crippen molar-refractivity contribution in [2.24, 2.45) is 0 Å². The molecule has 0 saturated carbocycles. The molecule has 0 aromatic carbocycles. The van der Waals surface area contributed by atoms with E-state index in [1.165, 1.54) is 4.72 Å². The number of hydrogen-bond acceptors (Lipinski definition) is 3. The minimum atomic E-state index is -4.64. The predicted octanol–water partition coefficient (Wildman–Crippen LogP) is -0.0572. The third-order valence-corrected chi connectivity index (χ3v) is 2.40. The standard InChI is InChI=1S/C5H8F3NO4S/c6-5(7,8)3-9-14(12,13)2-1-4(10)11/h9H,1-3H2,(H,10,11). The highest BCUT2D eigenvalue weighted by Gasteiger charge is 2.29. The molecule has 0 aromatic heterocycles. The van der Waals surface area contributed by atoms with Gasteiger partial charge in [-0.25, -0.2) is 13.1 Å². The van der Waals surface area contributed by atoms with E-state index in [9.17, 15) is 26.4 Å². The first-order chi connectivity index (χ1) is 6.12. The summed E-state index contributed by atoms with van der Waals surface area (Å²) in [5, 5.41) is 8.09. The van der Waals surface area contributed by atoms with Crippen LogP contribution in [0.4, 0.5) is 13.2 Å². The van der Waals surface area contributed by atoms with Gasteiger partial charge in [0, 0.05) is 0 Å². The molecule has 0 bridgehead atoms. The first kappa shape index (κ1) is 13.2. The van der Waals surface area contributed by atoms with Crippen molar-refractivity contribution in [3.05, 3.63) is 0 Å². The van der Waals surface area contributed by atoms with Gasteiger partial charge in [-0.2, -0.15) is 13.2 Å². The van der Waals surface area contributed by atoms with Gasteiger partial charge in [-0.3, -0.25) is 4.79 Å². The van der Waals surface area contributed by atoms with E-state index in [2.05, 4.69) is 0 Å². The van der Waals surface area contributed by atoms with Gasteiger partial charge in [-0.05, 0) is 0 Å². The number of carboxylic acid groups (broad SMARTS) is 1. The second kappa shape index (κ2) is 4.60. The maximum absolute atomic E-state index is 11.5. The largest absolute Gasteiger partial charge is 0.481 e. The lowest BCUT2D eigenvalue weighted by Crippen LogP contribution is -2.35. The van der Waals surface area contributed by atoms with Crippen LogP contribution in [0.15, 0.2) is 0 Å². The highest BCUT2D eigenvalue weighted by Crippen LogP contribution is 2.12. The highest BCUT2D eigenvalue weighted by molar-refractivity contribution is 7.89. The molecule has 0 atom stereocenters. The van der Waals surface area contributed by atoms with Crippen LogP contribution in [0.2, 0.25) is 0 Å². The molecule has 9 heteroatoms. The number of sulfonamides is 1. The number of rotatable bonds is 5. The van der Waals surface area contributed by atoms with E-state index in [1.54, 1.807) is 0 Å². The van der Waals surface area contributed by atoms with Crippen molar-refractivity contribution in [1.82, 2.24) is 4.72 Å². The Hall–Kier alpha value is -0.830. The summed E-state index contributed by atoms with van der Waals surface area (Å²) in [6, 6.07) is 0. The van der Waals surface area contributed by atoms with E-state index in [0.29, 0.717) is 0 Å². The SMILES string of the molecule is O=C(O)CCS(=O)(=O)NCC(F)(F)F. The van der Waals surface area contributed by atoms with E-state index in [1.807, 2.05) is 0 Å². The van der Waals surface area contributed by atoms with Gasteiger partial charge in [0.05, 0.1) is 12.2 Å². The maximum Gasteiger partial charge on any atom is 0.402 e. The van der Waals surface area contributed by atoms with Crippen molar-refractivity contribution in [2.75, 3.05) is 12.3 Å². The Labute approximate surface area is 78.0 Å². The Morgan fingerprint density at radius 3 is 2.21 bits per heavy atom. The smallest absolute Gasteiger partial charge is 0.402 e. The summed E-state index contributed by atoms with van der Waals surface area (Å²) in [7, 11) is -4.16. The van der Waals surface area contributed by atoms with Crippen molar-refractivity contribution in [3.8, 4) is 0 Å².